The van der Waals surface area contributed by atoms with E-state index in [9.17, 15) is 0 Å². The molecular weight excluding hydrogens is 158 g/mol. The quantitative estimate of drug-likeness (QED) is 0.557. The second-order valence-electron chi connectivity index (χ2n) is 4.68. The zero-order chi connectivity index (χ0) is 9.90. The second-order valence-corrected chi connectivity index (χ2v) is 4.68. The molecule has 1 saturated carbocycles. The number of nitrogens with zero attached hydrogens (tertiary/aromatic N) is 1. The number of rotatable bonds is 0. The molecule has 1 heterocycles. The lowest BCUT2D eigenvalue weighted by molar-refractivity contribution is 0.281. The van der Waals surface area contributed by atoms with Crippen molar-refractivity contribution >= 4 is 0 Å². The van der Waals surface area contributed by atoms with Crippen LogP contribution in [0.3, 0.4) is 0 Å². The van der Waals surface area contributed by atoms with Crippen LogP contribution >= 0.6 is 0 Å². The third-order valence-electron chi connectivity index (χ3n) is 3.73. The first-order chi connectivity index (χ1) is 6.22. The van der Waals surface area contributed by atoms with Gasteiger partial charge >= 0.3 is 0 Å². The van der Waals surface area contributed by atoms with E-state index >= 15 is 0 Å². The fraction of sp³-hybridized carbons (Fsp3) is 1.00. The van der Waals surface area contributed by atoms with Crippen LogP contribution in [-0.4, -0.2) is 24.5 Å². The summed E-state index contributed by atoms with van der Waals surface area (Å²) in [7, 11) is 2.28. The maximum atomic E-state index is 2.53. The summed E-state index contributed by atoms with van der Waals surface area (Å²) in [5.74, 6) is 0. The predicted molar refractivity (Wildman–Crippen MR) is 59.0 cm³/mol. The van der Waals surface area contributed by atoms with Crippen molar-refractivity contribution in [3.63, 3.8) is 0 Å². The van der Waals surface area contributed by atoms with Gasteiger partial charge in [-0.1, -0.05) is 26.7 Å². The summed E-state index contributed by atoms with van der Waals surface area (Å²) in [5.41, 5.74) is 0.758. The first-order valence-electron chi connectivity index (χ1n) is 5.92. The van der Waals surface area contributed by atoms with Gasteiger partial charge in [0.2, 0.25) is 0 Å². The highest BCUT2D eigenvalue weighted by atomic mass is 15.2. The highest BCUT2D eigenvalue weighted by Crippen LogP contribution is 2.46. The Morgan fingerprint density at radius 2 is 1.69 bits per heavy atom. The lowest BCUT2D eigenvalue weighted by Crippen LogP contribution is -2.23. The summed E-state index contributed by atoms with van der Waals surface area (Å²) in [6.07, 6.45) is 7.44. The highest BCUT2D eigenvalue weighted by molar-refractivity contribution is 4.95. The van der Waals surface area contributed by atoms with Crippen LogP contribution in [-0.2, 0) is 0 Å². The minimum Gasteiger partial charge on any atom is -0.303 e. The van der Waals surface area contributed by atoms with Gasteiger partial charge in [0.25, 0.3) is 0 Å². The molecule has 1 heteroatoms. The van der Waals surface area contributed by atoms with Crippen LogP contribution in [0.15, 0.2) is 0 Å². The summed E-state index contributed by atoms with van der Waals surface area (Å²) in [6, 6.07) is 0.841. The molecule has 1 spiro atoms. The van der Waals surface area contributed by atoms with Gasteiger partial charge in [-0.05, 0) is 38.6 Å². The van der Waals surface area contributed by atoms with E-state index in [4.69, 9.17) is 0 Å². The molecule has 2 aliphatic rings. The molecule has 0 aromatic heterocycles. The zero-order valence-electron chi connectivity index (χ0n) is 9.77. The predicted octanol–water partition coefficient (Wildman–Crippen LogP) is 3.30. The van der Waals surface area contributed by atoms with Gasteiger partial charge in [0, 0.05) is 12.6 Å². The van der Waals surface area contributed by atoms with E-state index in [1.807, 2.05) is 13.8 Å². The van der Waals surface area contributed by atoms with Crippen LogP contribution < -0.4 is 0 Å². The topological polar surface area (TPSA) is 3.24 Å². The minimum atomic E-state index is 0.758. The summed E-state index contributed by atoms with van der Waals surface area (Å²) >= 11 is 0. The number of likely N-dealkylation sites (tertiary alicyclic amines) is 1. The van der Waals surface area contributed by atoms with Crippen LogP contribution in [0.1, 0.15) is 52.9 Å². The number of hydrogen-bond donors (Lipinski definition) is 0. The third kappa shape index (κ3) is 2.25. The summed E-state index contributed by atoms with van der Waals surface area (Å²) in [5, 5.41) is 0. The lowest BCUT2D eigenvalue weighted by atomic mass is 9.84. The Morgan fingerprint density at radius 1 is 1.15 bits per heavy atom. The Bertz CT molecular complexity index is 135. The summed E-state index contributed by atoms with van der Waals surface area (Å²) in [6.45, 7) is 7.74. The van der Waals surface area contributed by atoms with Gasteiger partial charge in [-0.3, -0.25) is 0 Å². The van der Waals surface area contributed by atoms with Crippen molar-refractivity contribution in [1.82, 2.24) is 4.90 Å². The molecule has 2 rings (SSSR count). The van der Waals surface area contributed by atoms with Crippen LogP contribution in [0, 0.1) is 5.41 Å². The molecule has 78 valence electrons. The Kier molecular flexibility index (Phi) is 3.78. The minimum absolute atomic E-state index is 0.758. The van der Waals surface area contributed by atoms with E-state index in [-0.39, 0.29) is 0 Å². The van der Waals surface area contributed by atoms with Gasteiger partial charge in [0.05, 0.1) is 0 Å². The molecular formula is C12H25N. The molecule has 1 atom stereocenters. The monoisotopic (exact) mass is 183 g/mol. The molecule has 1 saturated heterocycles. The summed E-state index contributed by atoms with van der Waals surface area (Å²) in [4.78, 5) is 2.53. The molecule has 0 aromatic rings. The Morgan fingerprint density at radius 3 is 2.08 bits per heavy atom. The van der Waals surface area contributed by atoms with E-state index < -0.39 is 0 Å². The molecule has 0 radical (unpaired) electrons. The Hall–Kier alpha value is -0.0400. The highest BCUT2D eigenvalue weighted by Gasteiger charge is 2.41. The molecule has 0 bridgehead atoms. The van der Waals surface area contributed by atoms with E-state index in [0.29, 0.717) is 0 Å². The standard InChI is InChI=1S/C10H19N.C2H6/c1-9-7-10(8-11(9)2)5-3-4-6-10;1-2/h9H,3-8H2,1-2H3;1-2H3. The molecule has 0 amide bonds. The van der Waals surface area contributed by atoms with Gasteiger partial charge < -0.3 is 4.90 Å². The van der Waals surface area contributed by atoms with Crippen molar-refractivity contribution in [1.29, 1.82) is 0 Å². The van der Waals surface area contributed by atoms with Gasteiger partial charge in [0.15, 0.2) is 0 Å². The van der Waals surface area contributed by atoms with Crippen LogP contribution in [0.5, 0.6) is 0 Å². The molecule has 1 nitrogen and oxygen atoms in total. The SMILES string of the molecule is CC.CC1CC2(CCCC2)CN1C. The van der Waals surface area contributed by atoms with E-state index in [0.717, 1.165) is 11.5 Å². The van der Waals surface area contributed by atoms with Crippen molar-refractivity contribution in [3.8, 4) is 0 Å². The molecule has 13 heavy (non-hydrogen) atoms. The van der Waals surface area contributed by atoms with Crippen LogP contribution in [0.2, 0.25) is 0 Å². The molecule has 2 fully saturated rings. The van der Waals surface area contributed by atoms with E-state index in [2.05, 4.69) is 18.9 Å². The Balaban J connectivity index is 0.000000396. The maximum absolute atomic E-state index is 2.53. The van der Waals surface area contributed by atoms with Crippen LogP contribution in [0.4, 0.5) is 0 Å². The average molecular weight is 183 g/mol. The smallest absolute Gasteiger partial charge is 0.00698 e. The van der Waals surface area contributed by atoms with Crippen LogP contribution in [0.25, 0.3) is 0 Å². The molecule has 0 aromatic carbocycles. The van der Waals surface area contributed by atoms with Gasteiger partial charge in [-0.2, -0.15) is 0 Å². The van der Waals surface area contributed by atoms with Gasteiger partial charge in [0.1, 0.15) is 0 Å². The Labute approximate surface area is 83.5 Å². The number of hydrogen-bond acceptors (Lipinski definition) is 1. The van der Waals surface area contributed by atoms with Crippen molar-refractivity contribution in [2.24, 2.45) is 5.41 Å². The van der Waals surface area contributed by atoms with Crippen molar-refractivity contribution in [3.05, 3.63) is 0 Å². The summed E-state index contributed by atoms with van der Waals surface area (Å²) < 4.78 is 0. The molecule has 0 N–H and O–H groups in total. The lowest BCUT2D eigenvalue weighted by Gasteiger charge is -2.21. The second kappa shape index (κ2) is 4.45. The molecule has 1 aliphatic heterocycles. The van der Waals surface area contributed by atoms with Crippen molar-refractivity contribution in [2.45, 2.75) is 58.9 Å². The van der Waals surface area contributed by atoms with E-state index in [1.165, 1.54) is 38.6 Å². The van der Waals surface area contributed by atoms with Gasteiger partial charge in [-0.15, -0.1) is 0 Å². The normalized spacial score (nSPS) is 31.8. The largest absolute Gasteiger partial charge is 0.303 e. The first-order valence-corrected chi connectivity index (χ1v) is 5.92. The first kappa shape index (κ1) is 11.0. The molecule has 1 unspecified atom stereocenters. The van der Waals surface area contributed by atoms with E-state index in [1.54, 1.807) is 0 Å². The zero-order valence-corrected chi connectivity index (χ0v) is 9.77. The van der Waals surface area contributed by atoms with Crippen molar-refractivity contribution < 1.29 is 0 Å². The fourth-order valence-corrected chi connectivity index (χ4v) is 3.02. The average Bonchev–Trinajstić information content (AvgIpc) is 2.66. The van der Waals surface area contributed by atoms with Crippen molar-refractivity contribution in [2.75, 3.05) is 13.6 Å². The molecule has 1 aliphatic carbocycles. The van der Waals surface area contributed by atoms with Gasteiger partial charge in [-0.25, -0.2) is 0 Å². The maximum Gasteiger partial charge on any atom is 0.00698 e. The fourth-order valence-electron chi connectivity index (χ4n) is 3.02. The third-order valence-corrected chi connectivity index (χ3v) is 3.73.